The van der Waals surface area contributed by atoms with E-state index in [1.54, 1.807) is 7.11 Å². The van der Waals surface area contributed by atoms with E-state index in [1.165, 1.54) is 11.9 Å². The number of benzene rings is 1. The molecule has 0 heterocycles. The van der Waals surface area contributed by atoms with Gasteiger partial charge in [-0.25, -0.2) is 4.99 Å². The van der Waals surface area contributed by atoms with Gasteiger partial charge in [0.15, 0.2) is 0 Å². The van der Waals surface area contributed by atoms with Crippen LogP contribution >= 0.6 is 0 Å². The Labute approximate surface area is 107 Å². The third-order valence-electron chi connectivity index (χ3n) is 2.39. The molecule has 0 saturated carbocycles. The van der Waals surface area contributed by atoms with Gasteiger partial charge in [0, 0.05) is 13.7 Å². The van der Waals surface area contributed by atoms with Gasteiger partial charge in [-0.2, -0.15) is 0 Å². The summed E-state index contributed by atoms with van der Waals surface area (Å²) in [5.41, 5.74) is 3.92. The van der Waals surface area contributed by atoms with Crippen molar-refractivity contribution in [2.75, 3.05) is 26.9 Å². The third-order valence-corrected chi connectivity index (χ3v) is 2.39. The molecule has 5 heteroatoms. The molecule has 0 unspecified atom stereocenters. The van der Waals surface area contributed by atoms with Gasteiger partial charge in [0.2, 0.25) is 0 Å². The first kappa shape index (κ1) is 14.6. The highest BCUT2D eigenvalue weighted by atomic mass is 16.5. The topological polar surface area (TPSA) is 63.1 Å². The van der Waals surface area contributed by atoms with Crippen LogP contribution in [-0.4, -0.2) is 38.5 Å². The number of ether oxygens (including phenoxy) is 2. The smallest absolute Gasteiger partial charge is 0.113 e. The monoisotopic (exact) mass is 252 g/mol. The minimum Gasteiger partial charge on any atom is -0.382 e. The third kappa shape index (κ3) is 6.34. The lowest BCUT2D eigenvalue weighted by molar-refractivity contribution is 0.0695. The predicted molar refractivity (Wildman–Crippen MR) is 70.5 cm³/mol. The van der Waals surface area contributed by atoms with Crippen LogP contribution in [0.4, 0.5) is 5.69 Å². The second-order valence-electron chi connectivity index (χ2n) is 3.76. The molecule has 0 aromatic heterocycles. The summed E-state index contributed by atoms with van der Waals surface area (Å²) in [7, 11) is 1.67. The molecule has 0 spiro atoms. The second kappa shape index (κ2) is 9.58. The number of methoxy groups -OCH3 is 1. The summed E-state index contributed by atoms with van der Waals surface area (Å²) in [5, 5.41) is 8.36. The number of hydrogen-bond acceptors (Lipinski definition) is 4. The highest BCUT2D eigenvalue weighted by Crippen LogP contribution is 2.13. The van der Waals surface area contributed by atoms with E-state index in [1.807, 2.05) is 29.7 Å². The van der Waals surface area contributed by atoms with E-state index in [4.69, 9.17) is 14.7 Å². The molecule has 18 heavy (non-hydrogen) atoms. The van der Waals surface area contributed by atoms with Gasteiger partial charge in [-0.3, -0.25) is 10.7 Å². The summed E-state index contributed by atoms with van der Waals surface area (Å²) in [6.45, 7) is 2.04. The number of nitrogens with one attached hydrogen (secondary N) is 1. The molecule has 0 aliphatic rings. The van der Waals surface area contributed by atoms with Crippen LogP contribution in [0.5, 0.6) is 0 Å². The van der Waals surface area contributed by atoms with Crippen molar-refractivity contribution in [3.05, 3.63) is 29.8 Å². The predicted octanol–water partition coefficient (Wildman–Crippen LogP) is 1.92. The molecule has 0 radical (unpaired) electrons. The summed E-state index contributed by atoms with van der Waals surface area (Å²) in [4.78, 5) is 3.97. The van der Waals surface area contributed by atoms with Gasteiger partial charge in [-0.1, -0.05) is 12.1 Å². The largest absolute Gasteiger partial charge is 0.382 e. The van der Waals surface area contributed by atoms with Crippen molar-refractivity contribution in [2.24, 2.45) is 4.99 Å². The van der Waals surface area contributed by atoms with Gasteiger partial charge in [0.25, 0.3) is 0 Å². The Morgan fingerprint density at radius 3 is 2.67 bits per heavy atom. The molecular formula is C13H20N2O3. The quantitative estimate of drug-likeness (QED) is 0.305. The van der Waals surface area contributed by atoms with Gasteiger partial charge in [-0.15, -0.1) is 0 Å². The van der Waals surface area contributed by atoms with Crippen LogP contribution in [0.1, 0.15) is 12.0 Å². The minimum atomic E-state index is 0.644. The Bertz CT molecular complexity index is 339. The molecule has 1 aromatic rings. The van der Waals surface area contributed by atoms with Crippen LogP contribution in [-0.2, 0) is 15.9 Å². The number of nitrogens with zero attached hydrogens (tertiary/aromatic N) is 1. The maximum atomic E-state index is 8.36. The summed E-state index contributed by atoms with van der Waals surface area (Å²) in [6.07, 6.45) is 3.21. The molecule has 5 nitrogen and oxygen atoms in total. The average molecular weight is 252 g/mol. The highest BCUT2D eigenvalue weighted by Gasteiger charge is 1.94. The molecule has 1 aromatic carbocycles. The first-order valence-electron chi connectivity index (χ1n) is 5.94. The zero-order valence-electron chi connectivity index (χ0n) is 10.6. The van der Waals surface area contributed by atoms with Gasteiger partial charge >= 0.3 is 0 Å². The summed E-state index contributed by atoms with van der Waals surface area (Å²) in [5.74, 6) is 0. The van der Waals surface area contributed by atoms with Crippen molar-refractivity contribution >= 4 is 12.0 Å². The molecule has 0 aliphatic carbocycles. The molecule has 0 aliphatic heterocycles. The Balaban J connectivity index is 2.20. The number of aliphatic imine (C=N–C) groups is 1. The van der Waals surface area contributed by atoms with Crippen LogP contribution in [0.3, 0.4) is 0 Å². The molecule has 0 bridgehead atoms. The van der Waals surface area contributed by atoms with Gasteiger partial charge < -0.3 is 9.47 Å². The maximum absolute atomic E-state index is 8.36. The minimum absolute atomic E-state index is 0.644. The first-order valence-corrected chi connectivity index (χ1v) is 5.94. The van der Waals surface area contributed by atoms with Crippen LogP contribution in [0.2, 0.25) is 0 Å². The molecule has 2 N–H and O–H groups in total. The fourth-order valence-electron chi connectivity index (χ4n) is 1.47. The summed E-state index contributed by atoms with van der Waals surface area (Å²) >= 11 is 0. The fraction of sp³-hybridized carbons (Fsp3) is 0.462. The Morgan fingerprint density at radius 2 is 2.00 bits per heavy atom. The standard InChI is InChI=1S/C13H20N2O3/c1-17-9-10-18-8-2-3-12-4-6-13(7-5-12)14-11-15-16/h4-7,11,16H,2-3,8-10H2,1H3,(H,14,15). The Morgan fingerprint density at radius 1 is 1.22 bits per heavy atom. The molecule has 0 fully saturated rings. The van der Waals surface area contributed by atoms with E-state index in [0.29, 0.717) is 13.2 Å². The van der Waals surface area contributed by atoms with Crippen LogP contribution in [0.15, 0.2) is 29.3 Å². The van der Waals surface area contributed by atoms with Crippen molar-refractivity contribution in [1.29, 1.82) is 0 Å². The summed E-state index contributed by atoms with van der Waals surface area (Å²) < 4.78 is 10.3. The van der Waals surface area contributed by atoms with Crippen LogP contribution < -0.4 is 5.48 Å². The lowest BCUT2D eigenvalue weighted by Gasteiger charge is -2.04. The van der Waals surface area contributed by atoms with Crippen LogP contribution in [0.25, 0.3) is 0 Å². The van der Waals surface area contributed by atoms with Gasteiger partial charge in [-0.05, 0) is 30.5 Å². The van der Waals surface area contributed by atoms with Crippen molar-refractivity contribution in [1.82, 2.24) is 5.48 Å². The summed E-state index contributed by atoms with van der Waals surface area (Å²) in [6, 6.07) is 7.88. The van der Waals surface area contributed by atoms with E-state index < -0.39 is 0 Å². The Hall–Kier alpha value is -1.43. The van der Waals surface area contributed by atoms with Crippen LogP contribution in [0, 0.1) is 0 Å². The zero-order valence-corrected chi connectivity index (χ0v) is 10.6. The molecule has 100 valence electrons. The number of hydrogen-bond donors (Lipinski definition) is 2. The molecule has 0 amide bonds. The van der Waals surface area contributed by atoms with Crippen molar-refractivity contribution in [3.8, 4) is 0 Å². The van der Waals surface area contributed by atoms with E-state index >= 15 is 0 Å². The van der Waals surface area contributed by atoms with Crippen molar-refractivity contribution in [2.45, 2.75) is 12.8 Å². The van der Waals surface area contributed by atoms with E-state index in [2.05, 4.69) is 4.99 Å². The van der Waals surface area contributed by atoms with E-state index in [9.17, 15) is 0 Å². The molecule has 1 rings (SSSR count). The van der Waals surface area contributed by atoms with Crippen molar-refractivity contribution in [3.63, 3.8) is 0 Å². The van der Waals surface area contributed by atoms with Gasteiger partial charge in [0.1, 0.15) is 6.34 Å². The molecule has 0 atom stereocenters. The average Bonchev–Trinajstić information content (AvgIpc) is 2.42. The van der Waals surface area contributed by atoms with E-state index in [-0.39, 0.29) is 0 Å². The molecular weight excluding hydrogens is 232 g/mol. The number of rotatable bonds is 9. The highest BCUT2D eigenvalue weighted by molar-refractivity contribution is 5.59. The van der Waals surface area contributed by atoms with Gasteiger partial charge in [0.05, 0.1) is 18.9 Å². The number of hydroxylamine groups is 1. The first-order chi connectivity index (χ1) is 8.86. The van der Waals surface area contributed by atoms with E-state index in [0.717, 1.165) is 25.1 Å². The lowest BCUT2D eigenvalue weighted by Crippen LogP contribution is -2.03. The maximum Gasteiger partial charge on any atom is 0.113 e. The zero-order chi connectivity index (χ0) is 13.1. The number of aryl methyl sites for hydroxylation is 1. The molecule has 0 saturated heterocycles. The fourth-order valence-corrected chi connectivity index (χ4v) is 1.47. The van der Waals surface area contributed by atoms with Crippen molar-refractivity contribution < 1.29 is 14.7 Å². The second-order valence-corrected chi connectivity index (χ2v) is 3.76. The lowest BCUT2D eigenvalue weighted by atomic mass is 10.1. The SMILES string of the molecule is COCCOCCCc1ccc(N=CNO)cc1. The Kier molecular flexibility index (Phi) is 7.79. The normalized spacial score (nSPS) is 11.0.